The van der Waals surface area contributed by atoms with Crippen LogP contribution in [0.25, 0.3) is 22.4 Å². The van der Waals surface area contributed by atoms with Gasteiger partial charge in [-0.05, 0) is 31.5 Å². The lowest BCUT2D eigenvalue weighted by molar-refractivity contribution is 0.459. The van der Waals surface area contributed by atoms with E-state index in [1.54, 1.807) is 12.1 Å². The normalized spacial score (nSPS) is 11.2. The second-order valence-electron chi connectivity index (χ2n) is 5.94. The average molecular weight is 379 g/mol. The molecule has 1 N–H and O–H groups in total. The summed E-state index contributed by atoms with van der Waals surface area (Å²) in [5, 5.41) is 8.59. The Hall–Kier alpha value is -1.85. The highest BCUT2D eigenvalue weighted by molar-refractivity contribution is 6.36. The summed E-state index contributed by atoms with van der Waals surface area (Å²) in [6, 6.07) is 5.27. The van der Waals surface area contributed by atoms with Crippen molar-refractivity contribution in [3.05, 3.63) is 34.1 Å². The highest BCUT2D eigenvalue weighted by atomic mass is 35.5. The van der Waals surface area contributed by atoms with Crippen molar-refractivity contribution in [3.8, 4) is 11.3 Å². The molecule has 0 aliphatic rings. The molecular weight excluding hydrogens is 359 g/mol. The third-order valence-electron chi connectivity index (χ3n) is 3.94. The van der Waals surface area contributed by atoms with Crippen LogP contribution in [0.15, 0.2) is 22.7 Å². The van der Waals surface area contributed by atoms with Crippen molar-refractivity contribution in [1.82, 2.24) is 15.1 Å². The molecule has 0 aliphatic carbocycles. The number of nitrogens with one attached hydrogen (secondary N) is 1. The van der Waals surface area contributed by atoms with Crippen LogP contribution >= 0.6 is 23.2 Å². The number of unbranched alkanes of at least 4 members (excludes halogenated alkanes) is 3. The minimum Gasteiger partial charge on any atom is -0.367 e. The van der Waals surface area contributed by atoms with E-state index in [-0.39, 0.29) is 0 Å². The zero-order chi connectivity index (χ0) is 17.8. The molecule has 0 radical (unpaired) electrons. The first-order valence-electron chi connectivity index (χ1n) is 8.43. The lowest BCUT2D eigenvalue weighted by Crippen LogP contribution is -2.05. The Bertz CT molecular complexity index is 879. The third-order valence-corrected chi connectivity index (χ3v) is 4.49. The van der Waals surface area contributed by atoms with Crippen LogP contribution in [0.2, 0.25) is 10.0 Å². The first-order chi connectivity index (χ1) is 12.1. The van der Waals surface area contributed by atoms with Gasteiger partial charge < -0.3 is 9.84 Å². The monoisotopic (exact) mass is 378 g/mol. The highest BCUT2D eigenvalue weighted by Crippen LogP contribution is 2.35. The smallest absolute Gasteiger partial charge is 0.228 e. The van der Waals surface area contributed by atoms with E-state index in [1.165, 1.54) is 19.3 Å². The standard InChI is InChI=1S/C18H20Cl2N4O/c1-3-4-5-6-9-21-18-17-16(22-11(2)23-18)15(24-25-17)13-8-7-12(19)10-14(13)20/h7-8,10H,3-6,9H2,1-2H3,(H,21,22,23). The Labute approximate surface area is 156 Å². The fourth-order valence-corrected chi connectivity index (χ4v) is 3.18. The third kappa shape index (κ3) is 4.05. The molecule has 2 aromatic heterocycles. The zero-order valence-electron chi connectivity index (χ0n) is 14.3. The van der Waals surface area contributed by atoms with Crippen molar-refractivity contribution in [3.63, 3.8) is 0 Å². The molecule has 3 aromatic rings. The molecule has 0 unspecified atom stereocenters. The number of benzene rings is 1. The number of aryl methyl sites for hydroxylation is 1. The van der Waals surface area contributed by atoms with E-state index in [0.717, 1.165) is 18.5 Å². The van der Waals surface area contributed by atoms with Gasteiger partial charge >= 0.3 is 0 Å². The van der Waals surface area contributed by atoms with E-state index in [9.17, 15) is 0 Å². The van der Waals surface area contributed by atoms with Gasteiger partial charge in [0.15, 0.2) is 5.82 Å². The number of rotatable bonds is 7. The topological polar surface area (TPSA) is 63.8 Å². The van der Waals surface area contributed by atoms with Gasteiger partial charge in [-0.2, -0.15) is 0 Å². The summed E-state index contributed by atoms with van der Waals surface area (Å²) in [6.45, 7) is 4.88. The number of aromatic nitrogens is 3. The van der Waals surface area contributed by atoms with Crippen LogP contribution in [0, 0.1) is 6.92 Å². The molecule has 0 fully saturated rings. The Balaban J connectivity index is 1.92. The quantitative estimate of drug-likeness (QED) is 0.519. The SMILES string of the molecule is CCCCCCNc1nc(C)nc2c(-c3ccc(Cl)cc3Cl)noc12. The Morgan fingerprint density at radius 2 is 1.96 bits per heavy atom. The van der Waals surface area contributed by atoms with Gasteiger partial charge in [-0.15, -0.1) is 0 Å². The Kier molecular flexibility index (Phi) is 5.76. The van der Waals surface area contributed by atoms with Gasteiger partial charge in [0.05, 0.1) is 5.02 Å². The lowest BCUT2D eigenvalue weighted by atomic mass is 10.1. The molecular formula is C18H20Cl2N4O. The van der Waals surface area contributed by atoms with E-state index in [0.29, 0.717) is 38.5 Å². The van der Waals surface area contributed by atoms with Gasteiger partial charge in [-0.1, -0.05) is 54.5 Å². The predicted molar refractivity (Wildman–Crippen MR) is 102 cm³/mol. The van der Waals surface area contributed by atoms with Gasteiger partial charge in [-0.25, -0.2) is 9.97 Å². The summed E-state index contributed by atoms with van der Waals surface area (Å²) in [7, 11) is 0. The first kappa shape index (κ1) is 18.0. The molecule has 0 saturated heterocycles. The van der Waals surface area contributed by atoms with Gasteiger partial charge in [-0.3, -0.25) is 0 Å². The second-order valence-corrected chi connectivity index (χ2v) is 6.78. The summed E-state index contributed by atoms with van der Waals surface area (Å²) in [5.74, 6) is 1.32. The van der Waals surface area contributed by atoms with Gasteiger partial charge in [0.2, 0.25) is 5.58 Å². The maximum absolute atomic E-state index is 6.31. The summed E-state index contributed by atoms with van der Waals surface area (Å²) in [5.41, 5.74) is 2.52. The Morgan fingerprint density at radius 3 is 2.72 bits per heavy atom. The van der Waals surface area contributed by atoms with Crippen molar-refractivity contribution in [2.24, 2.45) is 0 Å². The number of anilines is 1. The molecule has 0 aliphatic heterocycles. The summed E-state index contributed by atoms with van der Waals surface area (Å²) < 4.78 is 5.52. The highest BCUT2D eigenvalue weighted by Gasteiger charge is 2.19. The van der Waals surface area contributed by atoms with Crippen molar-refractivity contribution in [2.45, 2.75) is 39.5 Å². The summed E-state index contributed by atoms with van der Waals surface area (Å²) in [6.07, 6.45) is 4.73. The van der Waals surface area contributed by atoms with E-state index in [4.69, 9.17) is 27.7 Å². The molecule has 0 atom stereocenters. The summed E-state index contributed by atoms with van der Waals surface area (Å²) in [4.78, 5) is 8.95. The zero-order valence-corrected chi connectivity index (χ0v) is 15.8. The molecule has 7 heteroatoms. The van der Waals surface area contributed by atoms with Crippen molar-refractivity contribution in [1.29, 1.82) is 0 Å². The number of hydrogen-bond acceptors (Lipinski definition) is 5. The van der Waals surface area contributed by atoms with Gasteiger partial charge in [0, 0.05) is 17.1 Å². The van der Waals surface area contributed by atoms with Crippen LogP contribution in [0.5, 0.6) is 0 Å². The maximum atomic E-state index is 6.31. The molecule has 0 bridgehead atoms. The van der Waals surface area contributed by atoms with E-state index in [1.807, 2.05) is 13.0 Å². The molecule has 25 heavy (non-hydrogen) atoms. The van der Waals surface area contributed by atoms with E-state index >= 15 is 0 Å². The minimum atomic E-state index is 0.507. The molecule has 0 saturated carbocycles. The van der Waals surface area contributed by atoms with Crippen molar-refractivity contribution in [2.75, 3.05) is 11.9 Å². The van der Waals surface area contributed by atoms with Crippen LogP contribution < -0.4 is 5.32 Å². The van der Waals surface area contributed by atoms with Crippen LogP contribution in [0.1, 0.15) is 38.4 Å². The van der Waals surface area contributed by atoms with Crippen LogP contribution in [-0.2, 0) is 0 Å². The van der Waals surface area contributed by atoms with Crippen LogP contribution in [0.4, 0.5) is 5.82 Å². The fraction of sp³-hybridized carbons (Fsp3) is 0.389. The summed E-state index contributed by atoms with van der Waals surface area (Å²) >= 11 is 12.3. The molecule has 132 valence electrons. The van der Waals surface area contributed by atoms with E-state index in [2.05, 4.69) is 27.4 Å². The average Bonchev–Trinajstić information content (AvgIpc) is 2.98. The number of fused-ring (bicyclic) bond motifs is 1. The largest absolute Gasteiger partial charge is 0.367 e. The van der Waals surface area contributed by atoms with Crippen molar-refractivity contribution >= 4 is 40.1 Å². The molecule has 3 rings (SSSR count). The second kappa shape index (κ2) is 8.02. The number of halogens is 2. The van der Waals surface area contributed by atoms with Gasteiger partial charge in [0.25, 0.3) is 0 Å². The minimum absolute atomic E-state index is 0.507. The molecule has 0 amide bonds. The van der Waals surface area contributed by atoms with Crippen molar-refractivity contribution < 1.29 is 4.52 Å². The lowest BCUT2D eigenvalue weighted by Gasteiger charge is -2.06. The first-order valence-corrected chi connectivity index (χ1v) is 9.19. The van der Waals surface area contributed by atoms with Crippen LogP contribution in [0.3, 0.4) is 0 Å². The molecule has 5 nitrogen and oxygen atoms in total. The maximum Gasteiger partial charge on any atom is 0.228 e. The number of hydrogen-bond donors (Lipinski definition) is 1. The van der Waals surface area contributed by atoms with E-state index < -0.39 is 0 Å². The molecule has 1 aromatic carbocycles. The molecule has 2 heterocycles. The van der Waals surface area contributed by atoms with Crippen LogP contribution in [-0.4, -0.2) is 21.7 Å². The number of nitrogens with zero attached hydrogens (tertiary/aromatic N) is 3. The molecule has 0 spiro atoms. The van der Waals surface area contributed by atoms with Gasteiger partial charge in [0.1, 0.15) is 17.0 Å². The predicted octanol–water partition coefficient (Wildman–Crippen LogP) is 5.89. The fourth-order valence-electron chi connectivity index (χ4n) is 2.68. The Morgan fingerprint density at radius 1 is 1.12 bits per heavy atom.